The van der Waals surface area contributed by atoms with Crippen LogP contribution in [0.3, 0.4) is 0 Å². The first-order valence-corrected chi connectivity index (χ1v) is 6.65. The number of primary amides is 1. The van der Waals surface area contributed by atoms with Gasteiger partial charge in [-0.1, -0.05) is 6.07 Å². The molecule has 3 rings (SSSR count). The van der Waals surface area contributed by atoms with Gasteiger partial charge < -0.3 is 11.1 Å². The van der Waals surface area contributed by atoms with Gasteiger partial charge in [-0.15, -0.1) is 11.3 Å². The van der Waals surface area contributed by atoms with Crippen molar-refractivity contribution < 1.29 is 4.79 Å². The lowest BCUT2D eigenvalue weighted by Gasteiger charge is -2.05. The molecule has 2 aromatic heterocycles. The first-order valence-electron chi connectivity index (χ1n) is 5.77. The van der Waals surface area contributed by atoms with Crippen LogP contribution in [0.2, 0.25) is 0 Å². The minimum absolute atomic E-state index is 0.425. The smallest absolute Gasteiger partial charge is 0.248 e. The van der Waals surface area contributed by atoms with E-state index in [4.69, 9.17) is 5.73 Å². The van der Waals surface area contributed by atoms with Crippen molar-refractivity contribution in [3.8, 4) is 0 Å². The first-order chi connectivity index (χ1) is 9.22. The fraction of sp³-hybridized carbons (Fsp3) is 0.0769. The predicted octanol–water partition coefficient (Wildman–Crippen LogP) is 2.11. The van der Waals surface area contributed by atoms with E-state index in [1.54, 1.807) is 29.5 Å². The van der Waals surface area contributed by atoms with Gasteiger partial charge in [0.05, 0.1) is 12.2 Å². The summed E-state index contributed by atoms with van der Waals surface area (Å²) in [6, 6.07) is 7.12. The van der Waals surface area contributed by atoms with Gasteiger partial charge in [0.1, 0.15) is 0 Å². The van der Waals surface area contributed by atoms with Gasteiger partial charge >= 0.3 is 0 Å². The van der Waals surface area contributed by atoms with Crippen LogP contribution in [-0.2, 0) is 6.54 Å². The van der Waals surface area contributed by atoms with E-state index in [-0.39, 0.29) is 0 Å². The summed E-state index contributed by atoms with van der Waals surface area (Å²) in [4.78, 5) is 16.5. The van der Waals surface area contributed by atoms with Crippen LogP contribution in [0.1, 0.15) is 16.1 Å². The van der Waals surface area contributed by atoms with E-state index in [2.05, 4.69) is 10.3 Å². The number of benzene rings is 1. The number of fused-ring (bicyclic) bond motifs is 1. The van der Waals surface area contributed by atoms with Gasteiger partial charge in [-0.25, -0.2) is 4.98 Å². The number of thiazole rings is 1. The summed E-state index contributed by atoms with van der Waals surface area (Å²) in [5, 5.41) is 5.22. The average molecular weight is 272 g/mol. The van der Waals surface area contributed by atoms with Gasteiger partial charge in [-0.2, -0.15) is 0 Å². The molecular weight excluding hydrogens is 260 g/mol. The van der Waals surface area contributed by atoms with E-state index < -0.39 is 5.91 Å². The highest BCUT2D eigenvalue weighted by atomic mass is 32.1. The summed E-state index contributed by atoms with van der Waals surface area (Å²) in [5.74, 6) is -0.425. The van der Waals surface area contributed by atoms with Crippen molar-refractivity contribution in [1.29, 1.82) is 0 Å². The number of amides is 1. The lowest BCUT2D eigenvalue weighted by atomic mass is 10.2. The molecule has 19 heavy (non-hydrogen) atoms. The maximum atomic E-state index is 11.1. The maximum Gasteiger partial charge on any atom is 0.248 e. The van der Waals surface area contributed by atoms with Gasteiger partial charge in [-0.05, 0) is 18.2 Å². The molecule has 0 radical (unpaired) electrons. The van der Waals surface area contributed by atoms with Crippen molar-refractivity contribution in [1.82, 2.24) is 9.38 Å². The molecule has 0 spiro atoms. The van der Waals surface area contributed by atoms with Crippen LogP contribution in [0.15, 0.2) is 42.0 Å². The van der Waals surface area contributed by atoms with Crippen LogP contribution in [0.5, 0.6) is 0 Å². The molecule has 1 amide bonds. The highest BCUT2D eigenvalue weighted by Crippen LogP contribution is 2.14. The number of aromatic nitrogens is 2. The topological polar surface area (TPSA) is 72.4 Å². The molecule has 2 heterocycles. The van der Waals surface area contributed by atoms with Crippen LogP contribution >= 0.6 is 11.3 Å². The monoisotopic (exact) mass is 272 g/mol. The Morgan fingerprint density at radius 3 is 3.16 bits per heavy atom. The van der Waals surface area contributed by atoms with E-state index in [0.717, 1.165) is 16.3 Å². The molecule has 0 aliphatic carbocycles. The Morgan fingerprint density at radius 2 is 2.37 bits per heavy atom. The Morgan fingerprint density at radius 1 is 1.47 bits per heavy atom. The van der Waals surface area contributed by atoms with Crippen LogP contribution in [-0.4, -0.2) is 15.3 Å². The third-order valence-corrected chi connectivity index (χ3v) is 3.53. The van der Waals surface area contributed by atoms with E-state index in [9.17, 15) is 4.79 Å². The third kappa shape index (κ3) is 2.43. The molecule has 0 fully saturated rings. The number of hydrogen-bond donors (Lipinski definition) is 2. The summed E-state index contributed by atoms with van der Waals surface area (Å²) in [5.41, 5.74) is 7.55. The highest BCUT2D eigenvalue weighted by molar-refractivity contribution is 7.15. The Bertz CT molecular complexity index is 702. The molecule has 0 saturated heterocycles. The van der Waals surface area contributed by atoms with Crippen molar-refractivity contribution in [2.45, 2.75) is 6.54 Å². The summed E-state index contributed by atoms with van der Waals surface area (Å²) in [6.45, 7) is 0.608. The molecular formula is C13H12N4OS. The van der Waals surface area contributed by atoms with Crippen LogP contribution < -0.4 is 11.1 Å². The summed E-state index contributed by atoms with van der Waals surface area (Å²) in [7, 11) is 0. The molecule has 0 atom stereocenters. The summed E-state index contributed by atoms with van der Waals surface area (Å²) < 4.78 is 1.99. The first kappa shape index (κ1) is 11.7. The second-order valence-electron chi connectivity index (χ2n) is 4.12. The number of imidazole rings is 1. The quantitative estimate of drug-likeness (QED) is 0.764. The molecule has 0 saturated carbocycles. The van der Waals surface area contributed by atoms with Crippen LogP contribution in [0.25, 0.3) is 4.96 Å². The molecule has 0 unspecified atom stereocenters. The fourth-order valence-corrected chi connectivity index (χ4v) is 2.56. The van der Waals surface area contributed by atoms with E-state index >= 15 is 0 Å². The van der Waals surface area contributed by atoms with Crippen LogP contribution in [0, 0.1) is 0 Å². The average Bonchev–Trinajstić information content (AvgIpc) is 2.97. The van der Waals surface area contributed by atoms with Crippen molar-refractivity contribution in [3.05, 3.63) is 53.3 Å². The molecule has 96 valence electrons. The summed E-state index contributed by atoms with van der Waals surface area (Å²) >= 11 is 1.60. The minimum atomic E-state index is -0.425. The Kier molecular flexibility index (Phi) is 2.92. The van der Waals surface area contributed by atoms with Gasteiger partial charge in [0, 0.05) is 29.0 Å². The number of rotatable bonds is 4. The van der Waals surface area contributed by atoms with E-state index in [0.29, 0.717) is 12.1 Å². The van der Waals surface area contributed by atoms with Gasteiger partial charge in [0.2, 0.25) is 5.91 Å². The fourth-order valence-electron chi connectivity index (χ4n) is 1.84. The normalized spacial score (nSPS) is 10.7. The minimum Gasteiger partial charge on any atom is -0.379 e. The molecule has 3 aromatic rings. The van der Waals surface area contributed by atoms with E-state index in [1.807, 2.05) is 28.2 Å². The number of nitrogens with zero attached hydrogens (tertiary/aromatic N) is 2. The predicted molar refractivity (Wildman–Crippen MR) is 75.4 cm³/mol. The van der Waals surface area contributed by atoms with E-state index in [1.165, 1.54) is 0 Å². The molecule has 0 aliphatic heterocycles. The second kappa shape index (κ2) is 4.74. The zero-order valence-electron chi connectivity index (χ0n) is 10.0. The number of carbonyl (C=O) groups is 1. The van der Waals surface area contributed by atoms with Crippen molar-refractivity contribution >= 4 is 27.9 Å². The molecule has 1 aromatic carbocycles. The zero-order valence-corrected chi connectivity index (χ0v) is 10.9. The highest BCUT2D eigenvalue weighted by Gasteiger charge is 2.04. The molecule has 3 N–H and O–H groups in total. The zero-order chi connectivity index (χ0) is 13.2. The molecule has 0 bridgehead atoms. The van der Waals surface area contributed by atoms with Crippen molar-refractivity contribution in [2.24, 2.45) is 5.73 Å². The SMILES string of the molecule is NC(=O)c1cccc(NCc2cn3ccsc3n2)c1. The number of nitrogens with one attached hydrogen (secondary N) is 1. The third-order valence-electron chi connectivity index (χ3n) is 2.76. The number of anilines is 1. The Hall–Kier alpha value is -2.34. The van der Waals surface area contributed by atoms with Crippen molar-refractivity contribution in [3.63, 3.8) is 0 Å². The van der Waals surface area contributed by atoms with Gasteiger partial charge in [-0.3, -0.25) is 9.20 Å². The largest absolute Gasteiger partial charge is 0.379 e. The van der Waals surface area contributed by atoms with Gasteiger partial charge in [0.25, 0.3) is 0 Å². The molecule has 6 heteroatoms. The van der Waals surface area contributed by atoms with Gasteiger partial charge in [0.15, 0.2) is 4.96 Å². The number of nitrogens with two attached hydrogens (primary N) is 1. The van der Waals surface area contributed by atoms with Crippen molar-refractivity contribution in [2.75, 3.05) is 5.32 Å². The number of carbonyl (C=O) groups excluding carboxylic acids is 1. The maximum absolute atomic E-state index is 11.1. The Balaban J connectivity index is 1.73. The second-order valence-corrected chi connectivity index (χ2v) is 5.00. The molecule has 5 nitrogen and oxygen atoms in total. The molecule has 0 aliphatic rings. The lowest BCUT2D eigenvalue weighted by molar-refractivity contribution is 0.100. The van der Waals surface area contributed by atoms with Crippen LogP contribution in [0.4, 0.5) is 5.69 Å². The standard InChI is InChI=1S/C13H12N4OS/c14-12(18)9-2-1-3-10(6-9)15-7-11-8-17-4-5-19-13(17)16-11/h1-6,8,15H,7H2,(H2,14,18). The Labute approximate surface area is 113 Å². The summed E-state index contributed by atoms with van der Waals surface area (Å²) in [6.07, 6.45) is 3.96. The lowest BCUT2D eigenvalue weighted by Crippen LogP contribution is -2.11. The number of hydrogen-bond acceptors (Lipinski definition) is 4.